The minimum Gasteiger partial charge on any atom is -0.386 e. The van der Waals surface area contributed by atoms with Crippen molar-refractivity contribution in [3.63, 3.8) is 0 Å². The third kappa shape index (κ3) is 2.76. The van der Waals surface area contributed by atoms with Gasteiger partial charge < -0.3 is 14.6 Å². The van der Waals surface area contributed by atoms with Crippen LogP contribution in [0.4, 0.5) is 0 Å². The van der Waals surface area contributed by atoms with Gasteiger partial charge in [0.05, 0.1) is 11.7 Å². The molecule has 0 radical (unpaired) electrons. The quantitative estimate of drug-likeness (QED) is 0.801. The second-order valence-corrected chi connectivity index (χ2v) is 6.88. The number of fused-ring (bicyclic) bond motifs is 1. The van der Waals surface area contributed by atoms with Crippen LogP contribution >= 0.6 is 11.6 Å². The molecule has 4 heteroatoms. The minimum atomic E-state index is -0.568. The molecule has 1 aromatic rings. The summed E-state index contributed by atoms with van der Waals surface area (Å²) in [6, 6.07) is 7.46. The maximum Gasteiger partial charge on any atom is 0.184 e. The Labute approximate surface area is 130 Å². The van der Waals surface area contributed by atoms with Gasteiger partial charge in [0.2, 0.25) is 0 Å². The first-order valence-corrected chi connectivity index (χ1v) is 7.70. The number of aliphatic hydroxyl groups excluding tert-OH is 1. The van der Waals surface area contributed by atoms with Crippen LogP contribution in [0.2, 0.25) is 5.02 Å². The molecular formula is C17H21ClO3. The van der Waals surface area contributed by atoms with Gasteiger partial charge in [-0.25, -0.2) is 0 Å². The fourth-order valence-corrected chi connectivity index (χ4v) is 3.32. The molecule has 0 saturated carbocycles. The van der Waals surface area contributed by atoms with Crippen molar-refractivity contribution in [1.29, 1.82) is 0 Å². The highest BCUT2D eigenvalue weighted by molar-refractivity contribution is 6.30. The van der Waals surface area contributed by atoms with Crippen molar-refractivity contribution in [2.75, 3.05) is 0 Å². The molecule has 1 N–H and O–H groups in total. The molecule has 1 aliphatic carbocycles. The predicted molar refractivity (Wildman–Crippen MR) is 82.1 cm³/mol. The number of halogens is 1. The Morgan fingerprint density at radius 1 is 1.24 bits per heavy atom. The molecule has 3 nitrogen and oxygen atoms in total. The standard InChI is InChI=1S/C17H21ClO3/c1-10-4-9-13-15(14(10)19)20-16(21-17(13,2)3)11-5-7-12(18)8-6-11/h4-8,13-16,19H,9H2,1-3H3/t13-,14-,15-,16+/m1/s1. The summed E-state index contributed by atoms with van der Waals surface area (Å²) >= 11 is 5.93. The summed E-state index contributed by atoms with van der Waals surface area (Å²) in [6.07, 6.45) is 1.68. The van der Waals surface area contributed by atoms with E-state index in [1.807, 2.05) is 31.2 Å². The van der Waals surface area contributed by atoms with Gasteiger partial charge in [-0.2, -0.15) is 0 Å². The van der Waals surface area contributed by atoms with Crippen LogP contribution in [0.25, 0.3) is 0 Å². The van der Waals surface area contributed by atoms with Crippen molar-refractivity contribution in [3.05, 3.63) is 46.5 Å². The summed E-state index contributed by atoms with van der Waals surface area (Å²) in [5.74, 6) is 0.153. The van der Waals surface area contributed by atoms with Crippen molar-refractivity contribution in [2.24, 2.45) is 5.92 Å². The second-order valence-electron chi connectivity index (χ2n) is 6.44. The first-order valence-electron chi connectivity index (χ1n) is 7.32. The fourth-order valence-electron chi connectivity index (χ4n) is 3.20. The average molecular weight is 309 g/mol. The number of aliphatic hydroxyl groups is 1. The smallest absolute Gasteiger partial charge is 0.184 e. The van der Waals surface area contributed by atoms with Crippen LogP contribution in [0.5, 0.6) is 0 Å². The molecule has 0 amide bonds. The molecule has 114 valence electrons. The lowest BCUT2D eigenvalue weighted by molar-refractivity contribution is -0.318. The van der Waals surface area contributed by atoms with Gasteiger partial charge in [-0.05, 0) is 44.9 Å². The SMILES string of the molecule is CC1=CC[C@@H]2[C@@H](O[C@H](c3ccc(Cl)cc3)OC2(C)C)[C@@H]1O. The lowest BCUT2D eigenvalue weighted by Gasteiger charge is -2.50. The number of hydrogen-bond donors (Lipinski definition) is 1. The number of ether oxygens (including phenoxy) is 2. The molecule has 1 aromatic carbocycles. The Balaban J connectivity index is 1.90. The Morgan fingerprint density at radius 3 is 2.57 bits per heavy atom. The monoisotopic (exact) mass is 308 g/mol. The van der Waals surface area contributed by atoms with Crippen LogP contribution in [0.3, 0.4) is 0 Å². The van der Waals surface area contributed by atoms with Crippen molar-refractivity contribution in [1.82, 2.24) is 0 Å². The third-order valence-corrected chi connectivity index (χ3v) is 4.85. The van der Waals surface area contributed by atoms with Crippen LogP contribution in [0.1, 0.15) is 39.0 Å². The van der Waals surface area contributed by atoms with Crippen LogP contribution in [-0.2, 0) is 9.47 Å². The van der Waals surface area contributed by atoms with E-state index in [1.165, 1.54) is 0 Å². The molecule has 2 aliphatic rings. The fraction of sp³-hybridized carbons (Fsp3) is 0.529. The maximum absolute atomic E-state index is 10.4. The Hall–Kier alpha value is -0.870. The molecule has 3 rings (SSSR count). The Morgan fingerprint density at radius 2 is 1.90 bits per heavy atom. The highest BCUT2D eigenvalue weighted by atomic mass is 35.5. The van der Waals surface area contributed by atoms with Gasteiger partial charge in [-0.3, -0.25) is 0 Å². The first-order chi connectivity index (χ1) is 9.88. The van der Waals surface area contributed by atoms with Crippen molar-refractivity contribution in [2.45, 2.75) is 51.3 Å². The summed E-state index contributed by atoms with van der Waals surface area (Å²) in [5, 5.41) is 11.1. The molecule has 4 atom stereocenters. The summed E-state index contributed by atoms with van der Waals surface area (Å²) < 4.78 is 12.2. The highest BCUT2D eigenvalue weighted by Gasteiger charge is 2.49. The molecule has 1 fully saturated rings. The number of allylic oxidation sites excluding steroid dienone is 1. The summed E-state index contributed by atoms with van der Waals surface area (Å²) in [6.45, 7) is 6.08. The summed E-state index contributed by atoms with van der Waals surface area (Å²) in [4.78, 5) is 0. The number of benzene rings is 1. The average Bonchev–Trinajstić information content (AvgIpc) is 2.43. The largest absolute Gasteiger partial charge is 0.386 e. The van der Waals surface area contributed by atoms with Gasteiger partial charge in [-0.15, -0.1) is 0 Å². The van der Waals surface area contributed by atoms with Crippen LogP contribution < -0.4 is 0 Å². The summed E-state index contributed by atoms with van der Waals surface area (Å²) in [7, 11) is 0. The summed E-state index contributed by atoms with van der Waals surface area (Å²) in [5.41, 5.74) is 1.54. The molecule has 21 heavy (non-hydrogen) atoms. The zero-order valence-corrected chi connectivity index (χ0v) is 13.3. The molecule has 1 heterocycles. The van der Waals surface area contributed by atoms with E-state index in [0.29, 0.717) is 5.02 Å². The van der Waals surface area contributed by atoms with E-state index in [1.54, 1.807) is 0 Å². The zero-order chi connectivity index (χ0) is 15.2. The maximum atomic E-state index is 10.4. The number of hydrogen-bond acceptors (Lipinski definition) is 3. The van der Waals surface area contributed by atoms with Crippen molar-refractivity contribution >= 4 is 11.6 Å². The third-order valence-electron chi connectivity index (χ3n) is 4.59. The molecule has 1 aliphatic heterocycles. The second kappa shape index (κ2) is 5.40. The minimum absolute atomic E-state index is 0.153. The van der Waals surface area contributed by atoms with E-state index >= 15 is 0 Å². The topological polar surface area (TPSA) is 38.7 Å². The van der Waals surface area contributed by atoms with E-state index in [0.717, 1.165) is 17.6 Å². The lowest BCUT2D eigenvalue weighted by Crippen LogP contribution is -2.55. The van der Waals surface area contributed by atoms with E-state index in [4.69, 9.17) is 21.1 Å². The zero-order valence-electron chi connectivity index (χ0n) is 12.5. The highest BCUT2D eigenvalue weighted by Crippen LogP contribution is 2.45. The first kappa shape index (κ1) is 15.0. The van der Waals surface area contributed by atoms with Crippen molar-refractivity contribution < 1.29 is 14.6 Å². The van der Waals surface area contributed by atoms with Gasteiger partial charge in [0, 0.05) is 16.5 Å². The Bertz CT molecular complexity index is 550. The van der Waals surface area contributed by atoms with Crippen LogP contribution in [-0.4, -0.2) is 22.9 Å². The van der Waals surface area contributed by atoms with E-state index in [-0.39, 0.29) is 17.6 Å². The van der Waals surface area contributed by atoms with Gasteiger partial charge in [0.25, 0.3) is 0 Å². The van der Waals surface area contributed by atoms with Crippen molar-refractivity contribution in [3.8, 4) is 0 Å². The van der Waals surface area contributed by atoms with Crippen LogP contribution in [0.15, 0.2) is 35.9 Å². The van der Waals surface area contributed by atoms with Gasteiger partial charge in [0.1, 0.15) is 6.10 Å². The predicted octanol–water partition coefficient (Wildman–Crippen LogP) is 3.86. The Kier molecular flexibility index (Phi) is 3.87. The van der Waals surface area contributed by atoms with Gasteiger partial charge in [0.15, 0.2) is 6.29 Å². The molecule has 1 saturated heterocycles. The molecule has 0 bridgehead atoms. The molecule has 0 unspecified atom stereocenters. The lowest BCUT2D eigenvalue weighted by atomic mass is 9.75. The van der Waals surface area contributed by atoms with Gasteiger partial charge in [-0.1, -0.05) is 29.8 Å². The molecular weight excluding hydrogens is 288 g/mol. The molecule has 0 aromatic heterocycles. The molecule has 0 spiro atoms. The number of rotatable bonds is 1. The van der Waals surface area contributed by atoms with E-state index < -0.39 is 12.4 Å². The normalized spacial score (nSPS) is 35.0. The van der Waals surface area contributed by atoms with Gasteiger partial charge >= 0.3 is 0 Å². The van der Waals surface area contributed by atoms with E-state index in [2.05, 4.69) is 19.9 Å². The van der Waals surface area contributed by atoms with Crippen LogP contribution in [0, 0.1) is 5.92 Å². The van der Waals surface area contributed by atoms with E-state index in [9.17, 15) is 5.11 Å².